The number of amides is 1. The lowest BCUT2D eigenvalue weighted by molar-refractivity contribution is -0.135. The number of rotatable bonds is 4. The van der Waals surface area contributed by atoms with Crippen molar-refractivity contribution < 1.29 is 9.90 Å². The van der Waals surface area contributed by atoms with Crippen LogP contribution >= 0.6 is 0 Å². The Morgan fingerprint density at radius 1 is 1.14 bits per heavy atom. The Labute approximate surface area is 125 Å². The molecular weight excluding hydrogens is 266 g/mol. The standard InChI is InChI=1S/C16H23N3O2/c17-14-3-1-13(2-4-14)16(5-6-16)15(21)19-9-7-18(8-10-19)11-12-20/h1-4,20H,5-12,17H2. The summed E-state index contributed by atoms with van der Waals surface area (Å²) >= 11 is 0. The van der Waals surface area contributed by atoms with Crippen molar-refractivity contribution in [3.05, 3.63) is 29.8 Å². The summed E-state index contributed by atoms with van der Waals surface area (Å²) in [6.07, 6.45) is 1.87. The van der Waals surface area contributed by atoms with E-state index in [0.29, 0.717) is 6.54 Å². The first kappa shape index (κ1) is 14.4. The van der Waals surface area contributed by atoms with Gasteiger partial charge >= 0.3 is 0 Å². The third kappa shape index (κ3) is 2.76. The smallest absolute Gasteiger partial charge is 0.233 e. The third-order valence-electron chi connectivity index (χ3n) is 4.70. The second-order valence-corrected chi connectivity index (χ2v) is 6.06. The van der Waals surface area contributed by atoms with Gasteiger partial charge in [-0.05, 0) is 30.5 Å². The van der Waals surface area contributed by atoms with E-state index in [1.165, 1.54) is 0 Å². The SMILES string of the molecule is Nc1ccc(C2(C(=O)N3CCN(CCO)CC3)CC2)cc1. The van der Waals surface area contributed by atoms with E-state index in [2.05, 4.69) is 4.90 Å². The first-order valence-electron chi connectivity index (χ1n) is 7.64. The van der Waals surface area contributed by atoms with Crippen LogP contribution in [0.15, 0.2) is 24.3 Å². The van der Waals surface area contributed by atoms with Crippen LogP contribution in [0.2, 0.25) is 0 Å². The highest BCUT2D eigenvalue weighted by Crippen LogP contribution is 2.49. The molecule has 1 saturated heterocycles. The Hall–Kier alpha value is -1.59. The maximum atomic E-state index is 12.9. The molecule has 5 heteroatoms. The number of benzene rings is 1. The Morgan fingerprint density at radius 2 is 1.76 bits per heavy atom. The molecule has 5 nitrogen and oxygen atoms in total. The summed E-state index contributed by atoms with van der Waals surface area (Å²) < 4.78 is 0. The fraction of sp³-hybridized carbons (Fsp3) is 0.562. The van der Waals surface area contributed by atoms with Gasteiger partial charge in [0.2, 0.25) is 5.91 Å². The molecule has 0 atom stereocenters. The van der Waals surface area contributed by atoms with E-state index in [1.807, 2.05) is 29.2 Å². The molecule has 0 bridgehead atoms. The van der Waals surface area contributed by atoms with E-state index < -0.39 is 0 Å². The van der Waals surface area contributed by atoms with Gasteiger partial charge in [0.25, 0.3) is 0 Å². The second kappa shape index (κ2) is 5.66. The highest BCUT2D eigenvalue weighted by Gasteiger charge is 2.53. The van der Waals surface area contributed by atoms with E-state index in [0.717, 1.165) is 50.3 Å². The van der Waals surface area contributed by atoms with Gasteiger partial charge in [-0.1, -0.05) is 12.1 Å². The van der Waals surface area contributed by atoms with E-state index in [1.54, 1.807) is 0 Å². The number of nitrogens with zero attached hydrogens (tertiary/aromatic N) is 2. The van der Waals surface area contributed by atoms with Gasteiger partial charge in [-0.3, -0.25) is 9.69 Å². The summed E-state index contributed by atoms with van der Waals surface area (Å²) in [5.41, 5.74) is 7.27. The van der Waals surface area contributed by atoms with Gasteiger partial charge in [-0.15, -0.1) is 0 Å². The van der Waals surface area contributed by atoms with Crippen molar-refractivity contribution >= 4 is 11.6 Å². The third-order valence-corrected chi connectivity index (χ3v) is 4.70. The number of nitrogens with two attached hydrogens (primary N) is 1. The van der Waals surface area contributed by atoms with Crippen molar-refractivity contribution in [2.45, 2.75) is 18.3 Å². The summed E-state index contributed by atoms with van der Waals surface area (Å²) in [7, 11) is 0. The number of hydrogen-bond donors (Lipinski definition) is 2. The molecule has 0 aromatic heterocycles. The molecule has 0 unspecified atom stereocenters. The van der Waals surface area contributed by atoms with Crippen LogP contribution in [0.1, 0.15) is 18.4 Å². The first-order valence-corrected chi connectivity index (χ1v) is 7.64. The lowest BCUT2D eigenvalue weighted by Crippen LogP contribution is -2.52. The number of piperazine rings is 1. The predicted octanol–water partition coefficient (Wildman–Crippen LogP) is 0.437. The van der Waals surface area contributed by atoms with E-state index in [-0.39, 0.29) is 17.9 Å². The molecule has 2 fully saturated rings. The number of hydrogen-bond acceptors (Lipinski definition) is 4. The second-order valence-electron chi connectivity index (χ2n) is 6.06. The van der Waals surface area contributed by atoms with Crippen LogP contribution in [0.5, 0.6) is 0 Å². The molecule has 1 saturated carbocycles. The van der Waals surface area contributed by atoms with E-state index in [9.17, 15) is 4.79 Å². The summed E-state index contributed by atoms with van der Waals surface area (Å²) in [5.74, 6) is 0.260. The molecule has 1 amide bonds. The number of β-amino-alcohol motifs (C(OH)–C–C–N with tert-alkyl or cyclic N) is 1. The van der Waals surface area contributed by atoms with Crippen molar-refractivity contribution in [3.8, 4) is 0 Å². The van der Waals surface area contributed by atoms with Gasteiger partial charge in [0.05, 0.1) is 12.0 Å². The largest absolute Gasteiger partial charge is 0.399 e. The molecule has 0 spiro atoms. The zero-order valence-electron chi connectivity index (χ0n) is 12.3. The maximum Gasteiger partial charge on any atom is 0.233 e. The summed E-state index contributed by atoms with van der Waals surface area (Å²) in [6.45, 7) is 4.10. The maximum absolute atomic E-state index is 12.9. The van der Waals surface area contributed by atoms with Crippen LogP contribution in [0.4, 0.5) is 5.69 Å². The zero-order chi connectivity index (χ0) is 14.9. The Balaban J connectivity index is 1.67. The van der Waals surface area contributed by atoms with Crippen molar-refractivity contribution in [2.75, 3.05) is 45.1 Å². The number of anilines is 1. The summed E-state index contributed by atoms with van der Waals surface area (Å²) in [6, 6.07) is 7.73. The van der Waals surface area contributed by atoms with Crippen LogP contribution in [0.25, 0.3) is 0 Å². The van der Waals surface area contributed by atoms with Crippen LogP contribution in [0, 0.1) is 0 Å². The number of aliphatic hydroxyl groups is 1. The normalized spacial score (nSPS) is 21.3. The van der Waals surface area contributed by atoms with Gasteiger partial charge in [-0.25, -0.2) is 0 Å². The molecule has 1 aromatic rings. The lowest BCUT2D eigenvalue weighted by Gasteiger charge is -2.36. The minimum atomic E-state index is -0.299. The molecule has 2 aliphatic rings. The van der Waals surface area contributed by atoms with Gasteiger partial charge < -0.3 is 15.7 Å². The number of nitrogen functional groups attached to an aromatic ring is 1. The Morgan fingerprint density at radius 3 is 2.29 bits per heavy atom. The molecule has 1 aliphatic heterocycles. The molecule has 114 valence electrons. The highest BCUT2D eigenvalue weighted by atomic mass is 16.3. The monoisotopic (exact) mass is 289 g/mol. The van der Waals surface area contributed by atoms with Crippen LogP contribution in [-0.2, 0) is 10.2 Å². The summed E-state index contributed by atoms with van der Waals surface area (Å²) in [4.78, 5) is 17.0. The molecule has 1 aromatic carbocycles. The highest BCUT2D eigenvalue weighted by molar-refractivity contribution is 5.91. The Kier molecular flexibility index (Phi) is 3.87. The molecule has 0 radical (unpaired) electrons. The fourth-order valence-corrected chi connectivity index (χ4v) is 3.17. The minimum Gasteiger partial charge on any atom is -0.399 e. The molecular formula is C16H23N3O2. The van der Waals surface area contributed by atoms with Crippen molar-refractivity contribution in [3.63, 3.8) is 0 Å². The molecule has 1 heterocycles. The van der Waals surface area contributed by atoms with Crippen molar-refractivity contribution in [1.29, 1.82) is 0 Å². The average Bonchev–Trinajstić information content (AvgIpc) is 3.30. The number of carbonyl (C=O) groups excluding carboxylic acids is 1. The van der Waals surface area contributed by atoms with Gasteiger partial charge in [0, 0.05) is 38.4 Å². The first-order chi connectivity index (χ1) is 10.2. The van der Waals surface area contributed by atoms with Gasteiger partial charge in [0.15, 0.2) is 0 Å². The topological polar surface area (TPSA) is 69.8 Å². The van der Waals surface area contributed by atoms with E-state index >= 15 is 0 Å². The predicted molar refractivity (Wildman–Crippen MR) is 81.9 cm³/mol. The van der Waals surface area contributed by atoms with Gasteiger partial charge in [0.1, 0.15) is 0 Å². The molecule has 3 rings (SSSR count). The number of aliphatic hydroxyl groups excluding tert-OH is 1. The quantitative estimate of drug-likeness (QED) is 0.789. The minimum absolute atomic E-state index is 0.184. The van der Waals surface area contributed by atoms with Crippen LogP contribution in [-0.4, -0.2) is 60.1 Å². The molecule has 1 aliphatic carbocycles. The number of carbonyl (C=O) groups is 1. The van der Waals surface area contributed by atoms with E-state index in [4.69, 9.17) is 10.8 Å². The lowest BCUT2D eigenvalue weighted by atomic mass is 9.93. The zero-order valence-corrected chi connectivity index (χ0v) is 12.3. The van der Waals surface area contributed by atoms with Gasteiger partial charge in [-0.2, -0.15) is 0 Å². The van der Waals surface area contributed by atoms with Crippen LogP contribution < -0.4 is 5.73 Å². The van der Waals surface area contributed by atoms with Crippen molar-refractivity contribution in [1.82, 2.24) is 9.80 Å². The molecule has 3 N–H and O–H groups in total. The fourth-order valence-electron chi connectivity index (χ4n) is 3.17. The summed E-state index contributed by atoms with van der Waals surface area (Å²) in [5, 5.41) is 8.97. The van der Waals surface area contributed by atoms with Crippen LogP contribution in [0.3, 0.4) is 0 Å². The Bertz CT molecular complexity index is 503. The average molecular weight is 289 g/mol. The molecule has 21 heavy (non-hydrogen) atoms. The van der Waals surface area contributed by atoms with Crippen molar-refractivity contribution in [2.24, 2.45) is 0 Å².